The number of nitrogens with two attached hydrogens (primary N) is 1. The summed E-state index contributed by atoms with van der Waals surface area (Å²) in [4.78, 5) is 25.8. The maximum absolute atomic E-state index is 12.2. The fourth-order valence-corrected chi connectivity index (χ4v) is 1.67. The Labute approximate surface area is 108 Å². The molecule has 0 aromatic rings. The van der Waals surface area contributed by atoms with E-state index in [1.807, 2.05) is 0 Å². The first-order valence-electron chi connectivity index (χ1n) is 6.17. The second-order valence-electron chi connectivity index (χ2n) is 5.75. The summed E-state index contributed by atoms with van der Waals surface area (Å²) in [6.07, 6.45) is 0. The second kappa shape index (κ2) is 5.24. The number of ether oxygens (including phenoxy) is 1. The molecule has 1 rings (SSSR count). The lowest BCUT2D eigenvalue weighted by molar-refractivity contribution is -0.166. The van der Waals surface area contributed by atoms with E-state index in [9.17, 15) is 9.59 Å². The molecule has 6 nitrogen and oxygen atoms in total. The number of carbonyl (C=O) groups is 2. The van der Waals surface area contributed by atoms with Crippen molar-refractivity contribution >= 4 is 11.9 Å². The van der Waals surface area contributed by atoms with E-state index in [2.05, 4.69) is 5.32 Å². The Bertz CT molecular complexity index is 328. The van der Waals surface area contributed by atoms with Crippen molar-refractivity contribution in [1.29, 1.82) is 0 Å². The van der Waals surface area contributed by atoms with Gasteiger partial charge in [-0.05, 0) is 27.7 Å². The van der Waals surface area contributed by atoms with E-state index in [0.29, 0.717) is 13.1 Å². The van der Waals surface area contributed by atoms with Gasteiger partial charge in [0.25, 0.3) is 5.91 Å². The number of hydrogen-bond acceptors (Lipinski definition) is 5. The average Bonchev–Trinajstić information content (AvgIpc) is 2.27. The van der Waals surface area contributed by atoms with Gasteiger partial charge in [0.2, 0.25) is 0 Å². The van der Waals surface area contributed by atoms with Crippen LogP contribution in [0.2, 0.25) is 0 Å². The van der Waals surface area contributed by atoms with Crippen molar-refractivity contribution in [2.24, 2.45) is 5.73 Å². The molecule has 1 unspecified atom stereocenters. The highest BCUT2D eigenvalue weighted by Gasteiger charge is 2.43. The summed E-state index contributed by atoms with van der Waals surface area (Å²) in [6.45, 7) is 9.21. The number of rotatable bonds is 2. The third-order valence-electron chi connectivity index (χ3n) is 2.67. The minimum atomic E-state index is -1.62. The zero-order chi connectivity index (χ0) is 14.0. The van der Waals surface area contributed by atoms with Crippen LogP contribution >= 0.6 is 0 Å². The molecule has 0 saturated carbocycles. The zero-order valence-electron chi connectivity index (χ0n) is 11.6. The third kappa shape index (κ3) is 3.68. The van der Waals surface area contributed by atoms with E-state index in [4.69, 9.17) is 10.5 Å². The molecule has 1 heterocycles. The first-order chi connectivity index (χ1) is 8.14. The number of amides is 1. The molecule has 0 radical (unpaired) electrons. The van der Waals surface area contributed by atoms with Crippen LogP contribution in [0.3, 0.4) is 0 Å². The van der Waals surface area contributed by atoms with Crippen LogP contribution in [0.25, 0.3) is 0 Å². The lowest BCUT2D eigenvalue weighted by Gasteiger charge is -2.34. The summed E-state index contributed by atoms with van der Waals surface area (Å²) >= 11 is 0. The molecule has 0 aliphatic carbocycles. The molecule has 1 fully saturated rings. The van der Waals surface area contributed by atoms with Crippen LogP contribution < -0.4 is 11.1 Å². The van der Waals surface area contributed by atoms with Gasteiger partial charge in [-0.1, -0.05) is 0 Å². The summed E-state index contributed by atoms with van der Waals surface area (Å²) in [5.41, 5.74) is 3.58. The highest BCUT2D eigenvalue weighted by molar-refractivity contribution is 6.06. The Morgan fingerprint density at radius 3 is 2.11 bits per heavy atom. The summed E-state index contributed by atoms with van der Waals surface area (Å²) in [5, 5.41) is 3.14. The average molecular weight is 257 g/mol. The predicted molar refractivity (Wildman–Crippen MR) is 67.9 cm³/mol. The molecule has 0 aromatic carbocycles. The molecule has 1 aliphatic rings. The van der Waals surface area contributed by atoms with Gasteiger partial charge in [-0.25, -0.2) is 4.79 Å². The molecule has 0 bridgehead atoms. The Balaban J connectivity index is 2.72. The van der Waals surface area contributed by atoms with Gasteiger partial charge in [-0.2, -0.15) is 0 Å². The number of hydrogen-bond donors (Lipinski definition) is 2. The molecule has 104 valence electrons. The van der Waals surface area contributed by atoms with Crippen LogP contribution in [0.1, 0.15) is 27.7 Å². The van der Waals surface area contributed by atoms with Crippen LogP contribution in [-0.2, 0) is 14.3 Å². The number of nitrogens with zero attached hydrogens (tertiary/aromatic N) is 1. The Morgan fingerprint density at radius 1 is 1.17 bits per heavy atom. The van der Waals surface area contributed by atoms with Gasteiger partial charge < -0.3 is 20.7 Å². The molecule has 1 atom stereocenters. The molecule has 0 aromatic heterocycles. The SMILES string of the molecule is CC(C)(C)OC(=O)C(C)(N)C(=O)N1CCNCC1. The lowest BCUT2D eigenvalue weighted by atomic mass is 10.0. The summed E-state index contributed by atoms with van der Waals surface area (Å²) < 4.78 is 5.19. The van der Waals surface area contributed by atoms with E-state index < -0.39 is 17.1 Å². The van der Waals surface area contributed by atoms with Crippen molar-refractivity contribution in [3.05, 3.63) is 0 Å². The minimum absolute atomic E-state index is 0.377. The molecular weight excluding hydrogens is 234 g/mol. The van der Waals surface area contributed by atoms with E-state index in [1.54, 1.807) is 25.7 Å². The van der Waals surface area contributed by atoms with Crippen LogP contribution in [-0.4, -0.2) is 54.1 Å². The molecule has 6 heteroatoms. The van der Waals surface area contributed by atoms with Gasteiger partial charge >= 0.3 is 5.97 Å². The van der Waals surface area contributed by atoms with E-state index in [1.165, 1.54) is 6.92 Å². The molecule has 3 N–H and O–H groups in total. The van der Waals surface area contributed by atoms with Gasteiger partial charge in [0.1, 0.15) is 5.60 Å². The number of piperazine rings is 1. The van der Waals surface area contributed by atoms with Crippen LogP contribution in [0, 0.1) is 0 Å². The first-order valence-corrected chi connectivity index (χ1v) is 6.17. The summed E-state index contributed by atoms with van der Waals surface area (Å²) in [5.74, 6) is -1.06. The van der Waals surface area contributed by atoms with Crippen molar-refractivity contribution in [2.45, 2.75) is 38.8 Å². The van der Waals surface area contributed by atoms with Gasteiger partial charge in [-0.3, -0.25) is 4.79 Å². The maximum Gasteiger partial charge on any atom is 0.336 e. The fourth-order valence-electron chi connectivity index (χ4n) is 1.67. The Hall–Kier alpha value is -1.14. The number of esters is 1. The van der Waals surface area contributed by atoms with Crippen LogP contribution in [0.5, 0.6) is 0 Å². The highest BCUT2D eigenvalue weighted by atomic mass is 16.6. The van der Waals surface area contributed by atoms with E-state index >= 15 is 0 Å². The standard InChI is InChI=1S/C12H23N3O3/c1-11(2,3)18-10(17)12(4,13)9(16)15-7-5-14-6-8-15/h14H,5-8,13H2,1-4H3. The van der Waals surface area contributed by atoms with E-state index in [-0.39, 0.29) is 5.91 Å². The van der Waals surface area contributed by atoms with Crippen molar-refractivity contribution in [3.8, 4) is 0 Å². The van der Waals surface area contributed by atoms with Gasteiger partial charge in [0.05, 0.1) is 0 Å². The molecule has 0 spiro atoms. The van der Waals surface area contributed by atoms with Gasteiger partial charge in [0, 0.05) is 26.2 Å². The summed E-state index contributed by atoms with van der Waals surface area (Å²) in [7, 11) is 0. The second-order valence-corrected chi connectivity index (χ2v) is 5.75. The van der Waals surface area contributed by atoms with E-state index in [0.717, 1.165) is 13.1 Å². The van der Waals surface area contributed by atoms with Crippen LogP contribution in [0.4, 0.5) is 0 Å². The molecule has 1 saturated heterocycles. The molecule has 1 aliphatic heterocycles. The number of nitrogens with one attached hydrogen (secondary N) is 1. The predicted octanol–water partition coefficient (Wildman–Crippen LogP) is -0.523. The summed E-state index contributed by atoms with van der Waals surface area (Å²) in [6, 6.07) is 0. The zero-order valence-corrected chi connectivity index (χ0v) is 11.6. The Kier molecular flexibility index (Phi) is 4.34. The highest BCUT2D eigenvalue weighted by Crippen LogP contribution is 2.15. The van der Waals surface area contributed by atoms with Crippen molar-refractivity contribution in [1.82, 2.24) is 10.2 Å². The largest absolute Gasteiger partial charge is 0.458 e. The molecule has 18 heavy (non-hydrogen) atoms. The third-order valence-corrected chi connectivity index (χ3v) is 2.67. The van der Waals surface area contributed by atoms with Crippen molar-refractivity contribution in [2.75, 3.05) is 26.2 Å². The monoisotopic (exact) mass is 257 g/mol. The van der Waals surface area contributed by atoms with Crippen molar-refractivity contribution < 1.29 is 14.3 Å². The van der Waals surface area contributed by atoms with Gasteiger partial charge in [0.15, 0.2) is 5.54 Å². The molecule has 1 amide bonds. The van der Waals surface area contributed by atoms with Crippen molar-refractivity contribution in [3.63, 3.8) is 0 Å². The minimum Gasteiger partial charge on any atom is -0.458 e. The fraction of sp³-hybridized carbons (Fsp3) is 0.833. The molecular formula is C12H23N3O3. The van der Waals surface area contributed by atoms with Gasteiger partial charge in [-0.15, -0.1) is 0 Å². The normalized spacial score (nSPS) is 20.2. The number of carbonyl (C=O) groups excluding carboxylic acids is 2. The quantitative estimate of drug-likeness (QED) is 0.513. The Morgan fingerprint density at radius 2 is 1.67 bits per heavy atom. The van der Waals surface area contributed by atoms with Crippen LogP contribution in [0.15, 0.2) is 0 Å². The lowest BCUT2D eigenvalue weighted by Crippen LogP contribution is -2.62. The topological polar surface area (TPSA) is 84.7 Å². The smallest absolute Gasteiger partial charge is 0.336 e. The first kappa shape index (κ1) is 14.9. The maximum atomic E-state index is 12.2.